The highest BCUT2D eigenvalue weighted by molar-refractivity contribution is 8.01. The lowest BCUT2D eigenvalue weighted by molar-refractivity contribution is 0.922. The van der Waals surface area contributed by atoms with Crippen molar-refractivity contribution in [1.29, 1.82) is 0 Å². The number of hydrogen-bond donors (Lipinski definition) is 1. The quantitative estimate of drug-likeness (QED) is 0.801. The molecule has 0 radical (unpaired) electrons. The van der Waals surface area contributed by atoms with Crippen molar-refractivity contribution in [3.8, 4) is 0 Å². The van der Waals surface area contributed by atoms with Crippen LogP contribution in [0.2, 0.25) is 0 Å². The summed E-state index contributed by atoms with van der Waals surface area (Å²) < 4.78 is 3.14. The summed E-state index contributed by atoms with van der Waals surface area (Å²) in [6, 6.07) is 0. The summed E-state index contributed by atoms with van der Waals surface area (Å²) >= 11 is 1.59. The van der Waals surface area contributed by atoms with E-state index in [0.29, 0.717) is 23.1 Å². The van der Waals surface area contributed by atoms with Crippen LogP contribution in [0.3, 0.4) is 0 Å². The highest BCUT2D eigenvalue weighted by Crippen LogP contribution is 2.17. The molecule has 0 saturated carbocycles. The number of aromatic nitrogens is 3. The summed E-state index contributed by atoms with van der Waals surface area (Å²) in [5, 5.41) is 0.470. The molecule has 17 heavy (non-hydrogen) atoms. The van der Waals surface area contributed by atoms with Gasteiger partial charge < -0.3 is 9.80 Å². The molecule has 0 aliphatic rings. The van der Waals surface area contributed by atoms with E-state index in [-0.39, 0.29) is 0 Å². The minimum atomic E-state index is 0.470. The summed E-state index contributed by atoms with van der Waals surface area (Å²) in [4.78, 5) is 16.7. The van der Waals surface area contributed by atoms with Crippen LogP contribution in [0.25, 0.3) is 0 Å². The van der Waals surface area contributed by atoms with E-state index in [1.165, 1.54) is 0 Å². The molecule has 1 rings (SSSR count). The van der Waals surface area contributed by atoms with Gasteiger partial charge in [-0.2, -0.15) is 15.0 Å². The number of nitrogens with one attached hydrogen (secondary N) is 1. The van der Waals surface area contributed by atoms with Gasteiger partial charge >= 0.3 is 0 Å². The van der Waals surface area contributed by atoms with Crippen LogP contribution in [0, 0.1) is 0 Å². The van der Waals surface area contributed by atoms with Gasteiger partial charge in [-0.05, 0) is 11.9 Å². The molecular formula is C10H20N6S. The van der Waals surface area contributed by atoms with Crippen LogP contribution in [0.1, 0.15) is 13.8 Å². The zero-order valence-electron chi connectivity index (χ0n) is 11.2. The number of anilines is 3. The second-order valence-electron chi connectivity index (χ2n) is 4.32. The fourth-order valence-corrected chi connectivity index (χ4v) is 1.40. The lowest BCUT2D eigenvalue weighted by Gasteiger charge is -2.16. The van der Waals surface area contributed by atoms with Gasteiger partial charge in [-0.15, -0.1) is 0 Å². The molecule has 0 saturated heterocycles. The molecule has 0 unspecified atom stereocenters. The van der Waals surface area contributed by atoms with Crippen LogP contribution in [0.5, 0.6) is 0 Å². The maximum absolute atomic E-state index is 4.34. The average molecular weight is 256 g/mol. The fourth-order valence-electron chi connectivity index (χ4n) is 0.970. The van der Waals surface area contributed by atoms with Gasteiger partial charge in [0.1, 0.15) is 0 Å². The summed E-state index contributed by atoms with van der Waals surface area (Å²) in [6.45, 7) is 4.22. The summed E-state index contributed by atoms with van der Waals surface area (Å²) in [7, 11) is 7.64. The Bertz CT molecular complexity index is 340. The Hall–Kier alpha value is -1.24. The van der Waals surface area contributed by atoms with E-state index < -0.39 is 0 Å². The molecule has 7 heteroatoms. The second kappa shape index (κ2) is 5.90. The van der Waals surface area contributed by atoms with Crippen molar-refractivity contribution in [2.24, 2.45) is 0 Å². The van der Waals surface area contributed by atoms with Gasteiger partial charge in [-0.3, -0.25) is 4.72 Å². The summed E-state index contributed by atoms with van der Waals surface area (Å²) in [6.07, 6.45) is 0. The standard InChI is InChI=1S/C10H20N6S/c1-7(2)17-14-8-11-9(15(3)4)13-10(12-8)16(5)6/h7H,1-6H3,(H,11,12,13,14). The lowest BCUT2D eigenvalue weighted by atomic mass is 10.6. The van der Waals surface area contributed by atoms with Crippen molar-refractivity contribution in [3.05, 3.63) is 0 Å². The van der Waals surface area contributed by atoms with Crippen molar-refractivity contribution < 1.29 is 0 Å². The molecule has 0 aliphatic heterocycles. The van der Waals surface area contributed by atoms with Crippen molar-refractivity contribution in [2.45, 2.75) is 19.1 Å². The predicted molar refractivity (Wildman–Crippen MR) is 74.8 cm³/mol. The average Bonchev–Trinajstić information content (AvgIpc) is 2.25. The van der Waals surface area contributed by atoms with Crippen LogP contribution in [0.4, 0.5) is 17.8 Å². The Morgan fingerprint density at radius 3 is 1.76 bits per heavy atom. The van der Waals surface area contributed by atoms with E-state index >= 15 is 0 Å². The third-order valence-corrected chi connectivity index (χ3v) is 2.57. The Labute approximate surface area is 107 Å². The molecule has 1 heterocycles. The topological polar surface area (TPSA) is 57.2 Å². The lowest BCUT2D eigenvalue weighted by Crippen LogP contribution is -2.19. The monoisotopic (exact) mass is 256 g/mol. The number of hydrogen-bond acceptors (Lipinski definition) is 7. The highest BCUT2D eigenvalue weighted by Gasteiger charge is 2.09. The Morgan fingerprint density at radius 1 is 0.941 bits per heavy atom. The Balaban J connectivity index is 2.95. The highest BCUT2D eigenvalue weighted by atomic mass is 32.2. The zero-order chi connectivity index (χ0) is 13.0. The Morgan fingerprint density at radius 2 is 1.41 bits per heavy atom. The second-order valence-corrected chi connectivity index (χ2v) is 5.70. The molecule has 0 aromatic carbocycles. The van der Waals surface area contributed by atoms with Crippen LogP contribution in [0.15, 0.2) is 0 Å². The molecule has 1 aromatic rings. The maximum Gasteiger partial charge on any atom is 0.239 e. The molecule has 96 valence electrons. The van der Waals surface area contributed by atoms with Crippen LogP contribution in [-0.4, -0.2) is 48.4 Å². The van der Waals surface area contributed by atoms with E-state index in [0.717, 1.165) is 0 Å². The molecule has 6 nitrogen and oxygen atoms in total. The molecule has 0 fully saturated rings. The van der Waals surface area contributed by atoms with Gasteiger partial charge in [-0.25, -0.2) is 0 Å². The summed E-state index contributed by atoms with van der Waals surface area (Å²) in [5.41, 5.74) is 0. The maximum atomic E-state index is 4.34. The Kier molecular flexibility index (Phi) is 4.80. The van der Waals surface area contributed by atoms with Gasteiger partial charge in [0, 0.05) is 33.4 Å². The summed E-state index contributed by atoms with van der Waals surface area (Å²) in [5.74, 6) is 1.89. The minimum absolute atomic E-state index is 0.470. The van der Waals surface area contributed by atoms with Crippen molar-refractivity contribution in [3.63, 3.8) is 0 Å². The van der Waals surface area contributed by atoms with Crippen molar-refractivity contribution >= 4 is 29.8 Å². The van der Waals surface area contributed by atoms with Gasteiger partial charge in [0.2, 0.25) is 17.8 Å². The third-order valence-electron chi connectivity index (χ3n) is 1.80. The van der Waals surface area contributed by atoms with E-state index in [1.54, 1.807) is 11.9 Å². The van der Waals surface area contributed by atoms with Gasteiger partial charge in [-0.1, -0.05) is 13.8 Å². The molecule has 0 aliphatic carbocycles. The normalized spacial score (nSPS) is 10.5. The number of nitrogens with zero attached hydrogens (tertiary/aromatic N) is 5. The van der Waals surface area contributed by atoms with Crippen LogP contribution in [-0.2, 0) is 0 Å². The first-order valence-corrected chi connectivity index (χ1v) is 6.30. The van der Waals surface area contributed by atoms with E-state index in [1.807, 2.05) is 38.0 Å². The van der Waals surface area contributed by atoms with Gasteiger partial charge in [0.05, 0.1) is 0 Å². The van der Waals surface area contributed by atoms with Crippen LogP contribution >= 0.6 is 11.9 Å². The molecule has 1 aromatic heterocycles. The van der Waals surface area contributed by atoms with Crippen molar-refractivity contribution in [2.75, 3.05) is 42.7 Å². The van der Waals surface area contributed by atoms with Gasteiger partial charge in [0.25, 0.3) is 0 Å². The molecule has 0 amide bonds. The smallest absolute Gasteiger partial charge is 0.239 e. The molecule has 0 bridgehead atoms. The van der Waals surface area contributed by atoms with E-state index in [9.17, 15) is 0 Å². The van der Waals surface area contributed by atoms with E-state index in [2.05, 4.69) is 33.5 Å². The predicted octanol–water partition coefficient (Wildman–Crippen LogP) is 1.47. The molecule has 1 N–H and O–H groups in total. The fraction of sp³-hybridized carbons (Fsp3) is 0.700. The third kappa shape index (κ3) is 4.26. The zero-order valence-corrected chi connectivity index (χ0v) is 12.0. The first-order chi connectivity index (χ1) is 7.90. The van der Waals surface area contributed by atoms with E-state index in [4.69, 9.17) is 0 Å². The molecule has 0 spiro atoms. The van der Waals surface area contributed by atoms with Gasteiger partial charge in [0.15, 0.2) is 0 Å². The largest absolute Gasteiger partial charge is 0.347 e. The minimum Gasteiger partial charge on any atom is -0.347 e. The van der Waals surface area contributed by atoms with Crippen LogP contribution < -0.4 is 14.5 Å². The first kappa shape index (κ1) is 13.8. The number of rotatable bonds is 5. The SMILES string of the molecule is CC(C)SNc1nc(N(C)C)nc(N(C)C)n1. The first-order valence-electron chi connectivity index (χ1n) is 5.42. The molecular weight excluding hydrogens is 236 g/mol. The molecule has 0 atom stereocenters. The van der Waals surface area contributed by atoms with Crippen molar-refractivity contribution in [1.82, 2.24) is 15.0 Å².